The van der Waals surface area contributed by atoms with Crippen molar-refractivity contribution in [1.82, 2.24) is 0 Å². The Balaban J connectivity index is 2.34. The number of para-hydroxylation sites is 1. The van der Waals surface area contributed by atoms with E-state index in [2.05, 4.69) is 21.2 Å². The van der Waals surface area contributed by atoms with Crippen LogP contribution in [-0.4, -0.2) is 10.8 Å². The van der Waals surface area contributed by atoms with Crippen molar-refractivity contribution in [3.8, 4) is 0 Å². The maximum Gasteiger partial charge on any atom is 0.284 e. The van der Waals surface area contributed by atoms with Crippen molar-refractivity contribution in [1.29, 1.82) is 0 Å². The van der Waals surface area contributed by atoms with E-state index in [0.29, 0.717) is 4.47 Å². The Morgan fingerprint density at radius 3 is 2.68 bits per heavy atom. The van der Waals surface area contributed by atoms with Gasteiger partial charge in [-0.15, -0.1) is 0 Å². The average molecular weight is 363 g/mol. The van der Waals surface area contributed by atoms with E-state index in [-0.39, 0.29) is 17.2 Å². The summed E-state index contributed by atoms with van der Waals surface area (Å²) in [7, 11) is 0. The number of halogens is 1. The molecule has 0 saturated carbocycles. The van der Waals surface area contributed by atoms with E-state index in [9.17, 15) is 14.9 Å². The number of carbonyl (C=O) groups is 1. The smallest absolute Gasteiger partial charge is 0.284 e. The van der Waals surface area contributed by atoms with Crippen LogP contribution in [0.5, 0.6) is 0 Å². The molecule has 0 atom stereocenters. The van der Waals surface area contributed by atoms with E-state index in [0.717, 1.165) is 23.2 Å². The molecule has 22 heavy (non-hydrogen) atoms. The van der Waals surface area contributed by atoms with Crippen LogP contribution in [0.2, 0.25) is 0 Å². The van der Waals surface area contributed by atoms with E-state index in [1.54, 1.807) is 6.07 Å². The highest BCUT2D eigenvalue weighted by atomic mass is 79.9. The summed E-state index contributed by atoms with van der Waals surface area (Å²) >= 11 is 3.11. The largest absolute Gasteiger partial charge is 0.321 e. The molecule has 1 N–H and O–H groups in total. The van der Waals surface area contributed by atoms with E-state index in [1.807, 2.05) is 32.0 Å². The van der Waals surface area contributed by atoms with Crippen LogP contribution in [0.15, 0.2) is 40.9 Å². The number of nitrogens with zero attached hydrogens (tertiary/aromatic N) is 1. The summed E-state index contributed by atoms with van der Waals surface area (Å²) in [5, 5.41) is 13.8. The molecule has 0 radical (unpaired) electrons. The lowest BCUT2D eigenvalue weighted by molar-refractivity contribution is -0.385. The van der Waals surface area contributed by atoms with Crippen LogP contribution in [0.1, 0.15) is 28.4 Å². The second kappa shape index (κ2) is 6.70. The van der Waals surface area contributed by atoms with Crippen LogP contribution < -0.4 is 5.32 Å². The number of amides is 1. The molecule has 0 heterocycles. The number of hydrogen-bond donors (Lipinski definition) is 1. The average Bonchev–Trinajstić information content (AvgIpc) is 2.49. The van der Waals surface area contributed by atoms with Crippen molar-refractivity contribution in [2.45, 2.75) is 20.3 Å². The molecule has 0 unspecified atom stereocenters. The minimum atomic E-state index is -0.522. The Labute approximate surface area is 136 Å². The number of carbonyl (C=O) groups excluding carboxylic acids is 1. The van der Waals surface area contributed by atoms with Crippen LogP contribution in [0.4, 0.5) is 11.4 Å². The number of hydrogen-bond acceptors (Lipinski definition) is 3. The molecule has 0 aliphatic heterocycles. The summed E-state index contributed by atoms with van der Waals surface area (Å²) in [5.74, 6) is -0.361. The number of nitrogens with one attached hydrogen (secondary N) is 1. The highest BCUT2D eigenvalue weighted by Gasteiger charge is 2.17. The lowest BCUT2D eigenvalue weighted by Crippen LogP contribution is -2.14. The molecule has 6 heteroatoms. The Morgan fingerprint density at radius 1 is 1.32 bits per heavy atom. The Kier molecular flexibility index (Phi) is 4.92. The van der Waals surface area contributed by atoms with E-state index in [4.69, 9.17) is 0 Å². The zero-order valence-electron chi connectivity index (χ0n) is 12.2. The number of benzene rings is 2. The van der Waals surface area contributed by atoms with Gasteiger partial charge in [0.25, 0.3) is 11.6 Å². The minimum absolute atomic E-state index is 0.131. The standard InChI is InChI=1S/C16H15BrN2O3/c1-3-11-6-4-5-10(2)15(11)18-16(20)12-7-8-13(17)14(9-12)19(21)22/h4-9H,3H2,1-2H3,(H,18,20). The van der Waals surface area contributed by atoms with Crippen molar-refractivity contribution >= 4 is 33.2 Å². The first-order chi connectivity index (χ1) is 10.4. The predicted octanol–water partition coefficient (Wildman–Crippen LogP) is 4.48. The van der Waals surface area contributed by atoms with Crippen molar-refractivity contribution < 1.29 is 9.72 Å². The SMILES string of the molecule is CCc1cccc(C)c1NC(=O)c1ccc(Br)c([N+](=O)[O-])c1. The molecule has 0 aliphatic carbocycles. The number of aryl methyl sites for hydroxylation is 2. The summed E-state index contributed by atoms with van der Waals surface area (Å²) in [4.78, 5) is 22.8. The Hall–Kier alpha value is -2.21. The van der Waals surface area contributed by atoms with Crippen molar-refractivity contribution in [3.63, 3.8) is 0 Å². The molecule has 5 nitrogen and oxygen atoms in total. The van der Waals surface area contributed by atoms with Gasteiger partial charge in [0.05, 0.1) is 9.40 Å². The summed E-state index contributed by atoms with van der Waals surface area (Å²) in [6.45, 7) is 3.92. The predicted molar refractivity (Wildman–Crippen MR) is 89.3 cm³/mol. The van der Waals surface area contributed by atoms with Gasteiger partial charge in [0.1, 0.15) is 0 Å². The summed E-state index contributed by atoms with van der Waals surface area (Å²) in [5.41, 5.74) is 2.87. The highest BCUT2D eigenvalue weighted by molar-refractivity contribution is 9.10. The van der Waals surface area contributed by atoms with Crippen molar-refractivity contribution in [3.05, 3.63) is 67.7 Å². The number of nitro benzene ring substituents is 1. The van der Waals surface area contributed by atoms with Crippen LogP contribution in [-0.2, 0) is 6.42 Å². The van der Waals surface area contributed by atoms with Gasteiger partial charge in [-0.25, -0.2) is 0 Å². The molecule has 2 aromatic rings. The zero-order valence-corrected chi connectivity index (χ0v) is 13.8. The maximum absolute atomic E-state index is 12.4. The third-order valence-electron chi connectivity index (χ3n) is 3.38. The van der Waals surface area contributed by atoms with Crippen molar-refractivity contribution in [2.75, 3.05) is 5.32 Å². The summed E-state index contributed by atoms with van der Waals surface area (Å²) < 4.78 is 0.346. The fourth-order valence-electron chi connectivity index (χ4n) is 2.18. The van der Waals surface area contributed by atoms with Gasteiger partial charge in [0.2, 0.25) is 0 Å². The summed E-state index contributed by atoms with van der Waals surface area (Å²) in [6, 6.07) is 10.1. The molecule has 0 saturated heterocycles. The van der Waals surface area contributed by atoms with E-state index >= 15 is 0 Å². The minimum Gasteiger partial charge on any atom is -0.321 e. The number of rotatable bonds is 4. The van der Waals surface area contributed by atoms with Gasteiger partial charge in [0, 0.05) is 17.3 Å². The van der Waals surface area contributed by atoms with Gasteiger partial charge in [-0.05, 0) is 52.5 Å². The quantitative estimate of drug-likeness (QED) is 0.643. The van der Waals surface area contributed by atoms with Gasteiger partial charge in [-0.2, -0.15) is 0 Å². The molecule has 2 rings (SSSR count). The van der Waals surface area contributed by atoms with Crippen LogP contribution in [0, 0.1) is 17.0 Å². The van der Waals surface area contributed by atoms with Crippen molar-refractivity contribution in [2.24, 2.45) is 0 Å². The van der Waals surface area contributed by atoms with E-state index in [1.165, 1.54) is 12.1 Å². The zero-order chi connectivity index (χ0) is 16.3. The summed E-state index contributed by atoms with van der Waals surface area (Å²) in [6.07, 6.45) is 0.789. The molecule has 0 bridgehead atoms. The first-order valence-electron chi connectivity index (χ1n) is 6.77. The van der Waals surface area contributed by atoms with Gasteiger partial charge in [-0.3, -0.25) is 14.9 Å². The molecule has 0 aliphatic rings. The van der Waals surface area contributed by atoms with Gasteiger partial charge < -0.3 is 5.32 Å². The molecular weight excluding hydrogens is 348 g/mol. The fourth-order valence-corrected chi connectivity index (χ4v) is 2.57. The second-order valence-electron chi connectivity index (χ2n) is 4.84. The van der Waals surface area contributed by atoms with Crippen LogP contribution >= 0.6 is 15.9 Å². The molecule has 0 aromatic heterocycles. The normalized spacial score (nSPS) is 10.3. The molecule has 2 aromatic carbocycles. The first-order valence-corrected chi connectivity index (χ1v) is 7.57. The molecule has 1 amide bonds. The Morgan fingerprint density at radius 2 is 2.05 bits per heavy atom. The highest BCUT2D eigenvalue weighted by Crippen LogP contribution is 2.27. The van der Waals surface area contributed by atoms with Gasteiger partial charge >= 0.3 is 0 Å². The number of nitro groups is 1. The van der Waals surface area contributed by atoms with Crippen LogP contribution in [0.25, 0.3) is 0 Å². The lowest BCUT2D eigenvalue weighted by Gasteiger charge is -2.13. The Bertz CT molecular complexity index is 744. The third kappa shape index (κ3) is 3.33. The molecule has 0 spiro atoms. The first kappa shape index (κ1) is 16.2. The molecular formula is C16H15BrN2O3. The third-order valence-corrected chi connectivity index (χ3v) is 4.05. The van der Waals surface area contributed by atoms with E-state index < -0.39 is 4.92 Å². The van der Waals surface area contributed by atoms with Crippen LogP contribution in [0.3, 0.4) is 0 Å². The molecule has 0 fully saturated rings. The second-order valence-corrected chi connectivity index (χ2v) is 5.69. The molecule has 114 valence electrons. The lowest BCUT2D eigenvalue weighted by atomic mass is 10.1. The number of anilines is 1. The van der Waals surface area contributed by atoms with Gasteiger partial charge in [0.15, 0.2) is 0 Å². The monoisotopic (exact) mass is 362 g/mol. The topological polar surface area (TPSA) is 72.2 Å². The fraction of sp³-hybridized carbons (Fsp3) is 0.188. The maximum atomic E-state index is 12.4. The van der Waals surface area contributed by atoms with Gasteiger partial charge in [-0.1, -0.05) is 25.1 Å².